The van der Waals surface area contributed by atoms with Crippen LogP contribution >= 0.6 is 0 Å². The summed E-state index contributed by atoms with van der Waals surface area (Å²) in [4.78, 5) is 12.4. The number of hydrogen-bond donors (Lipinski definition) is 2. The van der Waals surface area contributed by atoms with E-state index in [1.54, 1.807) is 6.07 Å². The van der Waals surface area contributed by atoms with Gasteiger partial charge in [-0.25, -0.2) is 0 Å². The van der Waals surface area contributed by atoms with Gasteiger partial charge in [-0.2, -0.15) is 0 Å². The summed E-state index contributed by atoms with van der Waals surface area (Å²) in [6.45, 7) is 4.13. The first kappa shape index (κ1) is 12.6. The van der Waals surface area contributed by atoms with Crippen LogP contribution in [0.25, 0.3) is 0 Å². The molecule has 4 nitrogen and oxygen atoms in total. The van der Waals surface area contributed by atoms with Gasteiger partial charge >= 0.3 is 0 Å². The summed E-state index contributed by atoms with van der Waals surface area (Å²) in [6.07, 6.45) is 6.95. The van der Waals surface area contributed by atoms with E-state index < -0.39 is 0 Å². The first-order valence-electron chi connectivity index (χ1n) is 7.33. The molecule has 0 aromatic carbocycles. The zero-order chi connectivity index (χ0) is 13.6. The number of carbonyl (C=O) groups is 1. The fourth-order valence-electron chi connectivity index (χ4n) is 3.77. The van der Waals surface area contributed by atoms with Crippen LogP contribution in [0.4, 0.5) is 5.69 Å². The number of fused-ring (bicyclic) bond motifs is 2. The number of anilines is 1. The van der Waals surface area contributed by atoms with Crippen LogP contribution in [0.3, 0.4) is 0 Å². The fraction of sp³-hybridized carbons (Fsp3) is 0.667. The maximum Gasteiger partial charge on any atom is 0.268 e. The van der Waals surface area contributed by atoms with Crippen LogP contribution in [0.2, 0.25) is 0 Å². The Labute approximate surface area is 114 Å². The number of nitrogens with one attached hydrogen (secondary N) is 1. The average molecular weight is 261 g/mol. The lowest BCUT2D eigenvalue weighted by molar-refractivity contribution is 0.0912. The summed E-state index contributed by atoms with van der Waals surface area (Å²) in [5.74, 6) is 1.58. The quantitative estimate of drug-likeness (QED) is 0.878. The highest BCUT2D eigenvalue weighted by molar-refractivity contribution is 5.94. The van der Waals surface area contributed by atoms with E-state index >= 15 is 0 Å². The second-order valence-corrected chi connectivity index (χ2v) is 6.41. The molecule has 19 heavy (non-hydrogen) atoms. The Bertz CT molecular complexity index is 492. The van der Waals surface area contributed by atoms with Crippen LogP contribution in [-0.4, -0.2) is 16.5 Å². The van der Waals surface area contributed by atoms with E-state index in [-0.39, 0.29) is 11.9 Å². The normalized spacial score (nSPS) is 29.1. The SMILES string of the molecule is CC(C)n1cc(N)cc1C(=O)NC1CC2CCC1C2. The minimum Gasteiger partial charge on any atom is -0.397 e. The lowest BCUT2D eigenvalue weighted by Crippen LogP contribution is -2.39. The molecule has 0 radical (unpaired) electrons. The highest BCUT2D eigenvalue weighted by atomic mass is 16.2. The third-order valence-electron chi connectivity index (χ3n) is 4.71. The van der Waals surface area contributed by atoms with E-state index in [2.05, 4.69) is 19.2 Å². The van der Waals surface area contributed by atoms with Crippen LogP contribution in [0.5, 0.6) is 0 Å². The van der Waals surface area contributed by atoms with Crippen molar-refractivity contribution in [3.05, 3.63) is 18.0 Å². The molecule has 3 unspecified atom stereocenters. The van der Waals surface area contributed by atoms with Crippen molar-refractivity contribution in [1.82, 2.24) is 9.88 Å². The molecule has 0 spiro atoms. The van der Waals surface area contributed by atoms with E-state index in [0.717, 1.165) is 12.3 Å². The molecule has 2 aliphatic rings. The largest absolute Gasteiger partial charge is 0.397 e. The summed E-state index contributed by atoms with van der Waals surface area (Å²) in [6, 6.07) is 2.41. The average Bonchev–Trinajstić information content (AvgIpc) is 3.02. The van der Waals surface area contributed by atoms with E-state index in [1.807, 2.05) is 10.8 Å². The molecule has 4 heteroatoms. The molecule has 3 atom stereocenters. The van der Waals surface area contributed by atoms with Crippen molar-refractivity contribution in [2.75, 3.05) is 5.73 Å². The van der Waals surface area contributed by atoms with Gasteiger partial charge in [0.25, 0.3) is 5.91 Å². The Kier molecular flexibility index (Phi) is 3.03. The van der Waals surface area contributed by atoms with Gasteiger partial charge in [0.2, 0.25) is 0 Å². The molecule has 3 rings (SSSR count). The van der Waals surface area contributed by atoms with Gasteiger partial charge in [-0.15, -0.1) is 0 Å². The second-order valence-electron chi connectivity index (χ2n) is 6.41. The minimum absolute atomic E-state index is 0.0305. The molecule has 3 N–H and O–H groups in total. The first-order chi connectivity index (χ1) is 9.04. The molecule has 1 aromatic rings. The number of rotatable bonds is 3. The third-order valence-corrected chi connectivity index (χ3v) is 4.71. The maximum absolute atomic E-state index is 12.4. The van der Waals surface area contributed by atoms with Crippen molar-refractivity contribution in [2.45, 2.75) is 51.6 Å². The van der Waals surface area contributed by atoms with Gasteiger partial charge in [-0.05, 0) is 51.0 Å². The lowest BCUT2D eigenvalue weighted by atomic mass is 9.95. The molecule has 1 aromatic heterocycles. The number of amides is 1. The number of nitrogens with two attached hydrogens (primary N) is 1. The molecule has 0 saturated heterocycles. The monoisotopic (exact) mass is 261 g/mol. The zero-order valence-corrected chi connectivity index (χ0v) is 11.7. The number of carbonyl (C=O) groups excluding carboxylic acids is 1. The van der Waals surface area contributed by atoms with Crippen molar-refractivity contribution in [3.63, 3.8) is 0 Å². The van der Waals surface area contributed by atoms with Gasteiger partial charge in [0.1, 0.15) is 5.69 Å². The molecular formula is C15H23N3O. The van der Waals surface area contributed by atoms with E-state index in [1.165, 1.54) is 19.3 Å². The van der Waals surface area contributed by atoms with E-state index in [9.17, 15) is 4.79 Å². The summed E-state index contributed by atoms with van der Waals surface area (Å²) in [7, 11) is 0. The molecule has 2 saturated carbocycles. The second kappa shape index (κ2) is 4.58. The first-order valence-corrected chi connectivity index (χ1v) is 7.33. The lowest BCUT2D eigenvalue weighted by Gasteiger charge is -2.23. The smallest absolute Gasteiger partial charge is 0.268 e. The highest BCUT2D eigenvalue weighted by Crippen LogP contribution is 2.44. The number of nitrogen functional groups attached to an aromatic ring is 1. The topological polar surface area (TPSA) is 60.0 Å². The summed E-state index contributed by atoms with van der Waals surface area (Å²) in [5, 5.41) is 3.22. The minimum atomic E-state index is 0.0305. The predicted octanol–water partition coefficient (Wildman–Crippen LogP) is 2.57. The molecule has 2 aliphatic carbocycles. The maximum atomic E-state index is 12.4. The van der Waals surface area contributed by atoms with Gasteiger partial charge in [-0.1, -0.05) is 6.42 Å². The number of hydrogen-bond acceptors (Lipinski definition) is 2. The van der Waals surface area contributed by atoms with Gasteiger partial charge < -0.3 is 15.6 Å². The Morgan fingerprint density at radius 3 is 2.79 bits per heavy atom. The van der Waals surface area contributed by atoms with Crippen molar-refractivity contribution < 1.29 is 4.79 Å². The molecule has 0 aliphatic heterocycles. The Morgan fingerprint density at radius 1 is 1.42 bits per heavy atom. The van der Waals surface area contributed by atoms with E-state index in [4.69, 9.17) is 5.73 Å². The van der Waals surface area contributed by atoms with Gasteiger partial charge in [0.15, 0.2) is 0 Å². The fourth-order valence-corrected chi connectivity index (χ4v) is 3.77. The molecule has 104 valence electrons. The van der Waals surface area contributed by atoms with Crippen molar-refractivity contribution in [1.29, 1.82) is 0 Å². The Hall–Kier alpha value is -1.45. The van der Waals surface area contributed by atoms with Crippen molar-refractivity contribution in [2.24, 2.45) is 11.8 Å². The van der Waals surface area contributed by atoms with Gasteiger partial charge in [-0.3, -0.25) is 4.79 Å². The highest BCUT2D eigenvalue weighted by Gasteiger charge is 2.40. The third kappa shape index (κ3) is 2.24. The number of nitrogens with zero attached hydrogens (tertiary/aromatic N) is 1. The van der Waals surface area contributed by atoms with Crippen LogP contribution in [0.1, 0.15) is 56.1 Å². The molecule has 2 fully saturated rings. The van der Waals surface area contributed by atoms with E-state index in [0.29, 0.717) is 23.3 Å². The van der Waals surface area contributed by atoms with Gasteiger partial charge in [0.05, 0.1) is 5.69 Å². The Morgan fingerprint density at radius 2 is 2.21 bits per heavy atom. The van der Waals surface area contributed by atoms with Crippen LogP contribution in [0.15, 0.2) is 12.3 Å². The zero-order valence-electron chi connectivity index (χ0n) is 11.7. The van der Waals surface area contributed by atoms with Crippen LogP contribution < -0.4 is 11.1 Å². The van der Waals surface area contributed by atoms with Crippen molar-refractivity contribution >= 4 is 11.6 Å². The predicted molar refractivity (Wildman–Crippen MR) is 75.9 cm³/mol. The van der Waals surface area contributed by atoms with Gasteiger partial charge in [0, 0.05) is 18.3 Å². The summed E-state index contributed by atoms with van der Waals surface area (Å²) in [5.41, 5.74) is 7.17. The van der Waals surface area contributed by atoms with Crippen LogP contribution in [-0.2, 0) is 0 Å². The number of aromatic nitrogens is 1. The molecule has 1 amide bonds. The summed E-state index contributed by atoms with van der Waals surface area (Å²) >= 11 is 0. The molecule has 2 bridgehead atoms. The molecule has 1 heterocycles. The van der Waals surface area contributed by atoms with Crippen molar-refractivity contribution in [3.8, 4) is 0 Å². The Balaban J connectivity index is 1.74. The summed E-state index contributed by atoms with van der Waals surface area (Å²) < 4.78 is 1.96. The standard InChI is InChI=1S/C15H23N3O/c1-9(2)18-8-12(16)7-14(18)15(19)17-13-6-10-3-4-11(13)5-10/h7-11,13H,3-6,16H2,1-2H3,(H,17,19). The van der Waals surface area contributed by atoms with Crippen LogP contribution in [0, 0.1) is 11.8 Å². The molecular weight excluding hydrogens is 238 g/mol.